The summed E-state index contributed by atoms with van der Waals surface area (Å²) in [5.41, 5.74) is 6.79. The van der Waals surface area contributed by atoms with E-state index in [1.165, 1.54) is 12.7 Å². The molecule has 1 heterocycles. The van der Waals surface area contributed by atoms with Gasteiger partial charge in [0.2, 0.25) is 0 Å². The summed E-state index contributed by atoms with van der Waals surface area (Å²) in [5, 5.41) is 3.01. The van der Waals surface area contributed by atoms with Gasteiger partial charge in [0.15, 0.2) is 0 Å². The van der Waals surface area contributed by atoms with Crippen molar-refractivity contribution in [3.63, 3.8) is 0 Å². The van der Waals surface area contributed by atoms with E-state index >= 15 is 0 Å². The predicted molar refractivity (Wildman–Crippen MR) is 92.6 cm³/mol. The highest BCUT2D eigenvalue weighted by Crippen LogP contribution is 2.13. The monoisotopic (exact) mass is 349 g/mol. The molecule has 0 bridgehead atoms. The number of hydrogen-bond donors (Lipinski definition) is 2. The van der Waals surface area contributed by atoms with Gasteiger partial charge in [-0.05, 0) is 12.0 Å². The topological polar surface area (TPSA) is 67.6 Å². The van der Waals surface area contributed by atoms with Crippen LogP contribution >= 0.6 is 24.8 Å². The van der Waals surface area contributed by atoms with E-state index in [0.717, 1.165) is 26.1 Å². The molecule has 7 heteroatoms. The van der Waals surface area contributed by atoms with Crippen LogP contribution in [0.3, 0.4) is 0 Å². The summed E-state index contributed by atoms with van der Waals surface area (Å²) in [6.07, 6.45) is 0.428. The second kappa shape index (κ2) is 10.8. The molecule has 126 valence electrons. The number of nitrogens with one attached hydrogen (secondary N) is 1. The molecule has 0 spiro atoms. The Balaban J connectivity index is 0.00000220. The van der Waals surface area contributed by atoms with E-state index in [2.05, 4.69) is 34.5 Å². The number of nitrogens with two attached hydrogens (primary N) is 1. The molecule has 1 aromatic rings. The summed E-state index contributed by atoms with van der Waals surface area (Å²) < 4.78 is 5.04. The number of nitrogens with zero attached hydrogens (tertiary/aromatic N) is 1. The number of methoxy groups -OCH3 is 1. The average molecular weight is 350 g/mol. The van der Waals surface area contributed by atoms with Crippen molar-refractivity contribution in [1.82, 2.24) is 10.2 Å². The van der Waals surface area contributed by atoms with E-state index in [9.17, 15) is 4.79 Å². The van der Waals surface area contributed by atoms with Crippen LogP contribution in [-0.4, -0.2) is 49.7 Å². The highest BCUT2D eigenvalue weighted by molar-refractivity contribution is 5.85. The first-order valence-corrected chi connectivity index (χ1v) is 7.02. The van der Waals surface area contributed by atoms with Gasteiger partial charge in [-0.25, -0.2) is 0 Å². The molecular weight excluding hydrogens is 325 g/mol. The van der Waals surface area contributed by atoms with Gasteiger partial charge in [-0.2, -0.15) is 0 Å². The maximum Gasteiger partial charge on any atom is 0.250 e. The lowest BCUT2D eigenvalue weighted by molar-refractivity contribution is -0.131. The number of carbonyl (C=O) groups excluding carboxylic acids is 1. The summed E-state index contributed by atoms with van der Waals surface area (Å²) in [6.45, 7) is 3.02. The molecule has 1 aliphatic rings. The Hall–Kier alpha value is -0.850. The van der Waals surface area contributed by atoms with E-state index < -0.39 is 6.10 Å². The lowest BCUT2D eigenvalue weighted by Gasteiger charge is -2.19. The van der Waals surface area contributed by atoms with Gasteiger partial charge in [-0.15, -0.1) is 24.8 Å². The third kappa shape index (κ3) is 6.10. The number of halogens is 2. The SMILES string of the molecule is COC(CN)C(=O)NC1CCN(Cc2ccccc2)C1.Cl.Cl. The molecule has 1 saturated heterocycles. The number of likely N-dealkylation sites (tertiary alicyclic amines) is 1. The predicted octanol–water partition coefficient (Wildman–Crippen LogP) is 1.19. The number of carbonyl (C=O) groups is 1. The van der Waals surface area contributed by atoms with Gasteiger partial charge in [0.25, 0.3) is 5.91 Å². The zero-order valence-corrected chi connectivity index (χ0v) is 14.4. The molecule has 1 fully saturated rings. The van der Waals surface area contributed by atoms with Gasteiger partial charge in [0.05, 0.1) is 0 Å². The summed E-state index contributed by atoms with van der Waals surface area (Å²) in [6, 6.07) is 10.6. The number of benzene rings is 1. The highest BCUT2D eigenvalue weighted by Gasteiger charge is 2.26. The molecule has 2 rings (SSSR count). The van der Waals surface area contributed by atoms with Gasteiger partial charge in [-0.3, -0.25) is 9.69 Å². The molecule has 1 aliphatic heterocycles. The Bertz CT molecular complexity index is 430. The van der Waals surface area contributed by atoms with Gasteiger partial charge < -0.3 is 15.8 Å². The first-order valence-electron chi connectivity index (χ1n) is 7.02. The number of hydrogen-bond acceptors (Lipinski definition) is 4. The third-order valence-corrected chi connectivity index (χ3v) is 3.66. The fraction of sp³-hybridized carbons (Fsp3) is 0.533. The van der Waals surface area contributed by atoms with E-state index in [0.29, 0.717) is 0 Å². The molecule has 2 atom stereocenters. The fourth-order valence-corrected chi connectivity index (χ4v) is 2.54. The molecule has 1 aromatic carbocycles. The van der Waals surface area contributed by atoms with Crippen LogP contribution in [0.1, 0.15) is 12.0 Å². The van der Waals surface area contributed by atoms with Crippen LogP contribution in [0.25, 0.3) is 0 Å². The molecule has 22 heavy (non-hydrogen) atoms. The first-order chi connectivity index (χ1) is 9.72. The lowest BCUT2D eigenvalue weighted by Crippen LogP contribution is -2.46. The largest absolute Gasteiger partial charge is 0.370 e. The van der Waals surface area contributed by atoms with Gasteiger partial charge in [0.1, 0.15) is 6.10 Å². The Labute approximate surface area is 144 Å². The standard InChI is InChI=1S/C15H23N3O2.2ClH/c1-20-14(9-16)15(19)17-13-7-8-18(11-13)10-12-5-3-2-4-6-12;;/h2-6,13-14H,7-11,16H2,1H3,(H,17,19);2*1H. The molecule has 0 saturated carbocycles. The molecule has 0 aliphatic carbocycles. The molecule has 5 nitrogen and oxygen atoms in total. The molecule has 3 N–H and O–H groups in total. The molecule has 1 amide bonds. The second-order valence-electron chi connectivity index (χ2n) is 5.17. The highest BCUT2D eigenvalue weighted by atomic mass is 35.5. The van der Waals surface area contributed by atoms with Crippen molar-refractivity contribution in [1.29, 1.82) is 0 Å². The third-order valence-electron chi connectivity index (χ3n) is 3.66. The van der Waals surface area contributed by atoms with E-state index in [1.54, 1.807) is 0 Å². The number of amides is 1. The van der Waals surface area contributed by atoms with Crippen LogP contribution in [0.5, 0.6) is 0 Å². The Kier molecular flexibility index (Phi) is 10.4. The minimum Gasteiger partial charge on any atom is -0.370 e. The zero-order valence-electron chi connectivity index (χ0n) is 12.7. The number of ether oxygens (including phenoxy) is 1. The van der Waals surface area contributed by atoms with Crippen molar-refractivity contribution in [3.8, 4) is 0 Å². The van der Waals surface area contributed by atoms with Crippen molar-refractivity contribution < 1.29 is 9.53 Å². The van der Waals surface area contributed by atoms with Crippen molar-refractivity contribution in [3.05, 3.63) is 35.9 Å². The maximum absolute atomic E-state index is 11.9. The lowest BCUT2D eigenvalue weighted by atomic mass is 10.2. The smallest absolute Gasteiger partial charge is 0.250 e. The quantitative estimate of drug-likeness (QED) is 0.809. The normalized spacial score (nSPS) is 18.9. The second-order valence-corrected chi connectivity index (χ2v) is 5.17. The van der Waals surface area contributed by atoms with Crippen LogP contribution in [0.2, 0.25) is 0 Å². The summed E-state index contributed by atoms with van der Waals surface area (Å²) in [5.74, 6) is -0.110. The Morgan fingerprint density at radius 1 is 1.41 bits per heavy atom. The van der Waals surface area contributed by atoms with Crippen molar-refractivity contribution in [2.75, 3.05) is 26.7 Å². The van der Waals surface area contributed by atoms with Crippen molar-refractivity contribution in [2.24, 2.45) is 5.73 Å². The van der Waals surface area contributed by atoms with Crippen LogP contribution in [0.4, 0.5) is 0 Å². The van der Waals surface area contributed by atoms with Crippen LogP contribution in [-0.2, 0) is 16.1 Å². The van der Waals surface area contributed by atoms with Gasteiger partial charge >= 0.3 is 0 Å². The van der Waals surface area contributed by atoms with E-state index in [1.807, 2.05) is 6.07 Å². The van der Waals surface area contributed by atoms with Crippen LogP contribution in [0, 0.1) is 0 Å². The summed E-state index contributed by atoms with van der Waals surface area (Å²) in [7, 11) is 1.51. The minimum absolute atomic E-state index is 0. The maximum atomic E-state index is 11.9. The average Bonchev–Trinajstić information content (AvgIpc) is 2.88. The minimum atomic E-state index is -0.543. The van der Waals surface area contributed by atoms with Crippen LogP contribution < -0.4 is 11.1 Å². The summed E-state index contributed by atoms with van der Waals surface area (Å²) in [4.78, 5) is 14.2. The molecular formula is C15H25Cl2N3O2. The molecule has 0 radical (unpaired) electrons. The molecule has 0 aromatic heterocycles. The summed E-state index contributed by atoms with van der Waals surface area (Å²) >= 11 is 0. The Morgan fingerprint density at radius 2 is 2.09 bits per heavy atom. The van der Waals surface area contributed by atoms with E-state index in [-0.39, 0.29) is 43.3 Å². The Morgan fingerprint density at radius 3 is 2.68 bits per heavy atom. The fourth-order valence-electron chi connectivity index (χ4n) is 2.54. The zero-order chi connectivity index (χ0) is 14.4. The van der Waals surface area contributed by atoms with E-state index in [4.69, 9.17) is 10.5 Å². The van der Waals surface area contributed by atoms with Crippen molar-refractivity contribution >= 4 is 30.7 Å². The number of rotatable bonds is 6. The first kappa shape index (κ1) is 21.1. The van der Waals surface area contributed by atoms with Crippen LogP contribution in [0.15, 0.2) is 30.3 Å². The van der Waals surface area contributed by atoms with Gasteiger partial charge in [-0.1, -0.05) is 30.3 Å². The van der Waals surface area contributed by atoms with Gasteiger partial charge in [0, 0.05) is 39.3 Å². The molecule has 2 unspecified atom stereocenters. The van der Waals surface area contributed by atoms with Crippen molar-refractivity contribution in [2.45, 2.75) is 25.1 Å².